The fourth-order valence-electron chi connectivity index (χ4n) is 3.12. The van der Waals surface area contributed by atoms with Crippen molar-refractivity contribution in [2.24, 2.45) is 0 Å². The summed E-state index contributed by atoms with van der Waals surface area (Å²) >= 11 is 5.85. The van der Waals surface area contributed by atoms with Gasteiger partial charge in [0.15, 0.2) is 0 Å². The second-order valence-electron chi connectivity index (χ2n) is 6.38. The molecule has 1 aliphatic heterocycles. The van der Waals surface area contributed by atoms with E-state index in [0.717, 1.165) is 10.5 Å². The molecule has 0 saturated carbocycles. The number of hydrogen-bond acceptors (Lipinski definition) is 3. The van der Waals surface area contributed by atoms with E-state index in [1.165, 1.54) is 6.08 Å². The van der Waals surface area contributed by atoms with Gasteiger partial charge in [0.25, 0.3) is 11.8 Å². The van der Waals surface area contributed by atoms with Crippen molar-refractivity contribution in [2.75, 3.05) is 10.2 Å². The maximum absolute atomic E-state index is 12.9. The summed E-state index contributed by atoms with van der Waals surface area (Å²) in [5.74, 6) is -1.29. The Hall–Kier alpha value is -3.70. The molecule has 1 heterocycles. The molecule has 1 N–H and O–H groups in total. The number of nitrogens with one attached hydrogen (secondary N) is 1. The summed E-state index contributed by atoms with van der Waals surface area (Å²) in [6.07, 6.45) is 3.00. The van der Waals surface area contributed by atoms with E-state index in [1.807, 2.05) is 0 Å². The minimum atomic E-state index is -0.464. The zero-order chi connectivity index (χ0) is 20.4. The van der Waals surface area contributed by atoms with Gasteiger partial charge in [-0.05, 0) is 48.0 Å². The molecule has 3 amide bonds. The van der Waals surface area contributed by atoms with E-state index in [4.69, 9.17) is 11.6 Å². The van der Waals surface area contributed by atoms with Crippen molar-refractivity contribution in [3.8, 4) is 0 Å². The van der Waals surface area contributed by atoms with Gasteiger partial charge in [0.05, 0.1) is 22.5 Å². The Bertz CT molecular complexity index is 1140. The maximum atomic E-state index is 12.9. The topological polar surface area (TPSA) is 66.5 Å². The molecular formula is C23H15ClN2O3. The van der Waals surface area contributed by atoms with E-state index in [1.54, 1.807) is 78.9 Å². The van der Waals surface area contributed by atoms with Crippen LogP contribution < -0.4 is 10.2 Å². The lowest BCUT2D eigenvalue weighted by Gasteiger charge is -2.13. The molecule has 0 unspecified atom stereocenters. The zero-order valence-corrected chi connectivity index (χ0v) is 15.9. The third kappa shape index (κ3) is 3.68. The number of rotatable bonds is 4. The van der Waals surface area contributed by atoms with Crippen LogP contribution >= 0.6 is 11.6 Å². The van der Waals surface area contributed by atoms with E-state index in [0.29, 0.717) is 16.4 Å². The number of amides is 3. The van der Waals surface area contributed by atoms with Crippen LogP contribution in [-0.2, 0) is 4.79 Å². The van der Waals surface area contributed by atoms with Crippen molar-refractivity contribution in [2.45, 2.75) is 0 Å². The largest absolute Gasteiger partial charge is 0.322 e. The van der Waals surface area contributed by atoms with E-state index in [9.17, 15) is 14.4 Å². The van der Waals surface area contributed by atoms with Crippen LogP contribution in [0.2, 0.25) is 5.02 Å². The minimum absolute atomic E-state index is 0.189. The predicted octanol–water partition coefficient (Wildman–Crippen LogP) is 4.79. The third-order valence-corrected chi connectivity index (χ3v) is 4.74. The lowest BCUT2D eigenvalue weighted by molar-refractivity contribution is -0.111. The van der Waals surface area contributed by atoms with Crippen LogP contribution in [0.3, 0.4) is 0 Å². The van der Waals surface area contributed by atoms with Gasteiger partial charge < -0.3 is 5.32 Å². The second kappa shape index (κ2) is 7.73. The van der Waals surface area contributed by atoms with Crippen LogP contribution in [0, 0.1) is 0 Å². The van der Waals surface area contributed by atoms with Gasteiger partial charge in [-0.2, -0.15) is 0 Å². The lowest BCUT2D eigenvalue weighted by atomic mass is 10.1. The van der Waals surface area contributed by atoms with Gasteiger partial charge in [0, 0.05) is 11.1 Å². The summed E-state index contributed by atoms with van der Waals surface area (Å²) in [5, 5.41) is 3.30. The first-order valence-corrected chi connectivity index (χ1v) is 9.24. The standard InChI is InChI=1S/C23H15ClN2O3/c24-16-12-9-15(10-13-16)11-14-20(27)25-19-8-4-7-18-21(19)23(29)26(22(18)28)17-5-2-1-3-6-17/h1-14H,(H,25,27). The first kappa shape index (κ1) is 18.7. The first-order valence-electron chi connectivity index (χ1n) is 8.86. The van der Waals surface area contributed by atoms with Gasteiger partial charge in [0.2, 0.25) is 5.91 Å². The number of para-hydroxylation sites is 1. The molecule has 0 aliphatic carbocycles. The SMILES string of the molecule is O=C(C=Cc1ccc(Cl)cc1)Nc1cccc2c1C(=O)N(c1ccccc1)C2=O. The maximum Gasteiger partial charge on any atom is 0.268 e. The third-order valence-electron chi connectivity index (χ3n) is 4.48. The molecule has 5 nitrogen and oxygen atoms in total. The molecule has 0 fully saturated rings. The number of hydrogen-bond donors (Lipinski definition) is 1. The highest BCUT2D eigenvalue weighted by atomic mass is 35.5. The average molecular weight is 403 g/mol. The highest BCUT2D eigenvalue weighted by molar-refractivity contribution is 6.36. The number of imide groups is 1. The summed E-state index contributed by atoms with van der Waals surface area (Å²) in [7, 11) is 0. The van der Waals surface area contributed by atoms with Gasteiger partial charge in [-0.3, -0.25) is 14.4 Å². The molecule has 29 heavy (non-hydrogen) atoms. The van der Waals surface area contributed by atoms with Crippen LogP contribution in [0.15, 0.2) is 78.9 Å². The molecule has 0 radical (unpaired) electrons. The summed E-state index contributed by atoms with van der Waals surface area (Å²) in [6, 6.07) is 20.5. The van der Waals surface area contributed by atoms with Gasteiger partial charge >= 0.3 is 0 Å². The van der Waals surface area contributed by atoms with Crippen molar-refractivity contribution in [1.82, 2.24) is 0 Å². The highest BCUT2D eigenvalue weighted by Crippen LogP contribution is 2.32. The molecule has 1 aliphatic rings. The lowest BCUT2D eigenvalue weighted by Crippen LogP contribution is -2.29. The number of benzene rings is 3. The highest BCUT2D eigenvalue weighted by Gasteiger charge is 2.38. The molecule has 0 saturated heterocycles. The Morgan fingerprint density at radius 2 is 1.59 bits per heavy atom. The molecule has 3 aromatic carbocycles. The molecule has 142 valence electrons. The molecule has 4 rings (SSSR count). The van der Waals surface area contributed by atoms with E-state index in [-0.39, 0.29) is 11.1 Å². The zero-order valence-electron chi connectivity index (χ0n) is 15.1. The van der Waals surface area contributed by atoms with E-state index >= 15 is 0 Å². The number of nitrogens with zero attached hydrogens (tertiary/aromatic N) is 1. The summed E-state index contributed by atoms with van der Waals surface area (Å²) in [5.41, 5.74) is 2.04. The number of carbonyl (C=O) groups is 3. The second-order valence-corrected chi connectivity index (χ2v) is 6.82. The van der Waals surface area contributed by atoms with E-state index < -0.39 is 17.7 Å². The van der Waals surface area contributed by atoms with Crippen LogP contribution in [0.5, 0.6) is 0 Å². The smallest absolute Gasteiger partial charge is 0.268 e. The molecular weight excluding hydrogens is 388 g/mol. The normalized spacial score (nSPS) is 13.1. The minimum Gasteiger partial charge on any atom is -0.322 e. The Kier molecular flexibility index (Phi) is 4.97. The monoisotopic (exact) mass is 402 g/mol. The van der Waals surface area contributed by atoms with Crippen LogP contribution in [-0.4, -0.2) is 17.7 Å². The number of halogens is 1. The molecule has 0 spiro atoms. The molecule has 0 atom stereocenters. The molecule has 6 heteroatoms. The molecule has 0 aromatic heterocycles. The quantitative estimate of drug-likeness (QED) is 0.504. The summed E-state index contributed by atoms with van der Waals surface area (Å²) in [6.45, 7) is 0. The average Bonchev–Trinajstić information content (AvgIpc) is 2.99. The van der Waals surface area contributed by atoms with Crippen LogP contribution in [0.25, 0.3) is 6.08 Å². The Balaban J connectivity index is 1.59. The number of anilines is 2. The van der Waals surface area contributed by atoms with Crippen LogP contribution in [0.4, 0.5) is 11.4 Å². The predicted molar refractivity (Wildman–Crippen MR) is 113 cm³/mol. The van der Waals surface area contributed by atoms with E-state index in [2.05, 4.69) is 5.32 Å². The summed E-state index contributed by atoms with van der Waals surface area (Å²) < 4.78 is 0. The van der Waals surface area contributed by atoms with Crippen molar-refractivity contribution < 1.29 is 14.4 Å². The van der Waals surface area contributed by atoms with Gasteiger partial charge in [0.1, 0.15) is 0 Å². The Labute approximate surface area is 172 Å². The van der Waals surface area contributed by atoms with Crippen molar-refractivity contribution >= 4 is 46.8 Å². The molecule has 3 aromatic rings. The van der Waals surface area contributed by atoms with Gasteiger partial charge in [-0.15, -0.1) is 0 Å². The van der Waals surface area contributed by atoms with Gasteiger partial charge in [-0.1, -0.05) is 48.0 Å². The molecule has 0 bridgehead atoms. The number of fused-ring (bicyclic) bond motifs is 1. The fraction of sp³-hybridized carbons (Fsp3) is 0. The first-order chi connectivity index (χ1) is 14.0. The fourth-order valence-corrected chi connectivity index (χ4v) is 3.25. The van der Waals surface area contributed by atoms with Gasteiger partial charge in [-0.25, -0.2) is 4.90 Å². The van der Waals surface area contributed by atoms with Crippen molar-refractivity contribution in [1.29, 1.82) is 0 Å². The Morgan fingerprint density at radius 3 is 2.31 bits per heavy atom. The summed E-state index contributed by atoms with van der Waals surface area (Å²) in [4.78, 5) is 39.2. The number of carbonyl (C=O) groups excluding carboxylic acids is 3. The van der Waals surface area contributed by atoms with Crippen LogP contribution in [0.1, 0.15) is 26.3 Å². The van der Waals surface area contributed by atoms with Crippen molar-refractivity contribution in [3.63, 3.8) is 0 Å². The van der Waals surface area contributed by atoms with Crippen molar-refractivity contribution in [3.05, 3.63) is 101 Å². The Morgan fingerprint density at radius 1 is 0.862 bits per heavy atom.